The van der Waals surface area contributed by atoms with E-state index in [1.165, 1.54) is 4.88 Å². The molecule has 0 aromatic carbocycles. The zero-order valence-corrected chi connectivity index (χ0v) is 13.7. The fourth-order valence-corrected chi connectivity index (χ4v) is 4.22. The van der Waals surface area contributed by atoms with Crippen molar-refractivity contribution in [1.29, 1.82) is 0 Å². The lowest BCUT2D eigenvalue weighted by Gasteiger charge is -2.46. The normalized spacial score (nSPS) is 26.4. The van der Waals surface area contributed by atoms with Crippen LogP contribution in [0.5, 0.6) is 0 Å². The highest BCUT2D eigenvalue weighted by Crippen LogP contribution is 2.35. The van der Waals surface area contributed by atoms with Gasteiger partial charge < -0.3 is 15.6 Å². The summed E-state index contributed by atoms with van der Waals surface area (Å²) in [5.74, 6) is 0. The van der Waals surface area contributed by atoms with Crippen molar-refractivity contribution in [3.63, 3.8) is 0 Å². The van der Waals surface area contributed by atoms with Crippen molar-refractivity contribution in [2.45, 2.75) is 44.6 Å². The molecule has 1 aliphatic heterocycles. The van der Waals surface area contributed by atoms with Crippen molar-refractivity contribution in [2.24, 2.45) is 5.73 Å². The predicted octanol–water partition coefficient (Wildman–Crippen LogP) is 2.26. The molecule has 2 rings (SSSR count). The van der Waals surface area contributed by atoms with Crippen LogP contribution in [-0.4, -0.2) is 47.4 Å². The van der Waals surface area contributed by atoms with E-state index in [-0.39, 0.29) is 30.4 Å². The maximum atomic E-state index is 9.43. The van der Waals surface area contributed by atoms with E-state index in [9.17, 15) is 5.11 Å². The van der Waals surface area contributed by atoms with E-state index in [1.54, 1.807) is 11.3 Å². The number of hydrogen-bond acceptors (Lipinski definition) is 5. The summed E-state index contributed by atoms with van der Waals surface area (Å²) in [7, 11) is 0. The molecule has 0 aliphatic carbocycles. The summed E-state index contributed by atoms with van der Waals surface area (Å²) < 4.78 is 6.64. The van der Waals surface area contributed by atoms with Crippen LogP contribution in [0.3, 0.4) is 0 Å². The van der Waals surface area contributed by atoms with E-state index in [1.807, 2.05) is 32.9 Å². The van der Waals surface area contributed by atoms with Crippen LogP contribution in [0.1, 0.15) is 31.7 Å². The summed E-state index contributed by atoms with van der Waals surface area (Å²) in [6, 6.07) is 4.03. The molecule has 0 radical (unpaired) electrons. The highest BCUT2D eigenvalue weighted by molar-refractivity contribution is 7.16. The summed E-state index contributed by atoms with van der Waals surface area (Å²) >= 11 is 7.62. The molecule has 0 amide bonds. The summed E-state index contributed by atoms with van der Waals surface area (Å²) in [6.07, 6.45) is -0.171. The monoisotopic (exact) mass is 318 g/mol. The molecular weight excluding hydrogens is 296 g/mol. The second-order valence-corrected chi connectivity index (χ2v) is 7.80. The third-order valence-electron chi connectivity index (χ3n) is 3.49. The highest BCUT2D eigenvalue weighted by atomic mass is 35.5. The van der Waals surface area contributed by atoms with Gasteiger partial charge in [0.2, 0.25) is 0 Å². The molecule has 0 bridgehead atoms. The molecule has 0 spiro atoms. The topological polar surface area (TPSA) is 58.7 Å². The zero-order valence-electron chi connectivity index (χ0n) is 12.2. The Bertz CT molecular complexity index is 450. The van der Waals surface area contributed by atoms with E-state index in [0.717, 1.165) is 10.9 Å². The first kappa shape index (κ1) is 16.2. The number of hydrogen-bond donors (Lipinski definition) is 2. The van der Waals surface area contributed by atoms with Gasteiger partial charge in [-0.2, -0.15) is 0 Å². The van der Waals surface area contributed by atoms with Gasteiger partial charge in [-0.1, -0.05) is 11.6 Å². The van der Waals surface area contributed by atoms with Crippen molar-refractivity contribution in [3.8, 4) is 0 Å². The van der Waals surface area contributed by atoms with Gasteiger partial charge in [-0.3, -0.25) is 4.90 Å². The van der Waals surface area contributed by atoms with Crippen molar-refractivity contribution in [3.05, 3.63) is 21.3 Å². The average molecular weight is 319 g/mol. The van der Waals surface area contributed by atoms with Crippen LogP contribution < -0.4 is 5.73 Å². The van der Waals surface area contributed by atoms with Gasteiger partial charge in [0.05, 0.1) is 28.7 Å². The van der Waals surface area contributed by atoms with Gasteiger partial charge >= 0.3 is 0 Å². The van der Waals surface area contributed by atoms with Gasteiger partial charge in [0, 0.05) is 24.0 Å². The molecule has 3 N–H and O–H groups in total. The summed E-state index contributed by atoms with van der Waals surface area (Å²) in [6.45, 7) is 7.58. The Morgan fingerprint density at radius 3 is 2.80 bits per heavy atom. The summed E-state index contributed by atoms with van der Waals surface area (Å²) in [5.41, 5.74) is 5.91. The first-order valence-corrected chi connectivity index (χ1v) is 8.05. The van der Waals surface area contributed by atoms with Crippen LogP contribution in [0, 0.1) is 0 Å². The van der Waals surface area contributed by atoms with Gasteiger partial charge in [0.25, 0.3) is 0 Å². The zero-order chi connectivity index (χ0) is 14.9. The average Bonchev–Trinajstić information content (AvgIpc) is 2.73. The van der Waals surface area contributed by atoms with Crippen LogP contribution in [-0.2, 0) is 4.74 Å². The third-order valence-corrected chi connectivity index (χ3v) is 4.79. The third kappa shape index (κ3) is 3.72. The summed E-state index contributed by atoms with van der Waals surface area (Å²) in [5, 5.41) is 9.43. The number of morpholine rings is 1. The van der Waals surface area contributed by atoms with E-state index in [4.69, 9.17) is 22.1 Å². The smallest absolute Gasteiger partial charge is 0.0940 e. The number of aliphatic hydroxyl groups is 1. The quantitative estimate of drug-likeness (QED) is 0.894. The Hall–Kier alpha value is -0.170. The van der Waals surface area contributed by atoms with Gasteiger partial charge in [-0.15, -0.1) is 11.3 Å². The summed E-state index contributed by atoms with van der Waals surface area (Å²) in [4.78, 5) is 3.47. The SMILES string of the molecule is CC(N)C(c1ccc(Cl)s1)N1CC(CO)OC(C)(C)C1. The molecule has 20 heavy (non-hydrogen) atoms. The Kier molecular flexibility index (Phi) is 5.10. The van der Waals surface area contributed by atoms with Gasteiger partial charge in [-0.05, 0) is 32.9 Å². The lowest BCUT2D eigenvalue weighted by molar-refractivity contribution is -0.158. The van der Waals surface area contributed by atoms with E-state index in [2.05, 4.69) is 4.90 Å². The van der Waals surface area contributed by atoms with Gasteiger partial charge in [0.1, 0.15) is 0 Å². The van der Waals surface area contributed by atoms with Crippen molar-refractivity contribution in [1.82, 2.24) is 4.90 Å². The number of nitrogens with zero attached hydrogens (tertiary/aromatic N) is 1. The minimum Gasteiger partial charge on any atom is -0.394 e. The molecule has 2 heterocycles. The maximum Gasteiger partial charge on any atom is 0.0940 e. The molecule has 3 unspecified atom stereocenters. The molecule has 1 aromatic heterocycles. The predicted molar refractivity (Wildman–Crippen MR) is 83.3 cm³/mol. The van der Waals surface area contributed by atoms with Crippen LogP contribution in [0.25, 0.3) is 0 Å². The number of thiophene rings is 1. The number of ether oxygens (including phenoxy) is 1. The fraction of sp³-hybridized carbons (Fsp3) is 0.714. The van der Waals surface area contributed by atoms with Crippen LogP contribution in [0.2, 0.25) is 4.34 Å². The Morgan fingerprint density at radius 1 is 1.60 bits per heavy atom. The molecule has 114 valence electrons. The van der Waals surface area contributed by atoms with E-state index < -0.39 is 0 Å². The van der Waals surface area contributed by atoms with Crippen LogP contribution in [0.15, 0.2) is 12.1 Å². The molecule has 0 saturated carbocycles. The molecule has 1 fully saturated rings. The lowest BCUT2D eigenvalue weighted by atomic mass is 9.99. The molecule has 1 aliphatic rings. The molecule has 1 saturated heterocycles. The van der Waals surface area contributed by atoms with E-state index >= 15 is 0 Å². The maximum absolute atomic E-state index is 9.43. The van der Waals surface area contributed by atoms with Gasteiger partial charge in [0.15, 0.2) is 0 Å². The first-order chi connectivity index (χ1) is 9.32. The van der Waals surface area contributed by atoms with E-state index in [0.29, 0.717) is 6.54 Å². The molecular formula is C14H23ClN2O2S. The minimum atomic E-state index is -0.292. The number of aliphatic hydroxyl groups excluding tert-OH is 1. The fourth-order valence-electron chi connectivity index (χ4n) is 2.91. The largest absolute Gasteiger partial charge is 0.394 e. The van der Waals surface area contributed by atoms with Crippen molar-refractivity contribution < 1.29 is 9.84 Å². The second kappa shape index (κ2) is 6.30. The minimum absolute atomic E-state index is 0.0158. The van der Waals surface area contributed by atoms with Crippen molar-refractivity contribution in [2.75, 3.05) is 19.7 Å². The Morgan fingerprint density at radius 2 is 2.30 bits per heavy atom. The first-order valence-electron chi connectivity index (χ1n) is 6.86. The van der Waals surface area contributed by atoms with Gasteiger partial charge in [-0.25, -0.2) is 0 Å². The van der Waals surface area contributed by atoms with Crippen LogP contribution in [0.4, 0.5) is 0 Å². The number of nitrogens with two attached hydrogens (primary N) is 1. The molecule has 4 nitrogen and oxygen atoms in total. The Balaban J connectivity index is 2.24. The molecule has 1 aromatic rings. The number of rotatable bonds is 4. The lowest BCUT2D eigenvalue weighted by Crippen LogP contribution is -2.56. The van der Waals surface area contributed by atoms with Crippen molar-refractivity contribution >= 4 is 22.9 Å². The Labute approximate surface area is 129 Å². The second-order valence-electron chi connectivity index (χ2n) is 6.06. The highest BCUT2D eigenvalue weighted by Gasteiger charge is 2.38. The molecule has 3 atom stereocenters. The number of halogens is 1. The van der Waals surface area contributed by atoms with Crippen LogP contribution >= 0.6 is 22.9 Å². The molecule has 6 heteroatoms. The standard InChI is InChI=1S/C14H23ClN2O2S/c1-9(16)13(11-4-5-12(15)20-11)17-6-10(7-18)19-14(2,3)8-17/h4-5,9-10,13,18H,6-8,16H2,1-3H3.